The molecule has 0 saturated heterocycles. The molecule has 4 nitrogen and oxygen atoms in total. The molecule has 0 radical (unpaired) electrons. The van der Waals surface area contributed by atoms with Crippen LogP contribution in [0.3, 0.4) is 0 Å². The topological polar surface area (TPSA) is 62.6 Å². The molecule has 0 unspecified atom stereocenters. The maximum absolute atomic E-state index is 8.40. The minimum atomic E-state index is -1.78. The highest BCUT2D eigenvalue weighted by Crippen LogP contribution is 2.09. The normalized spacial score (nSPS) is 9.36. The van der Waals surface area contributed by atoms with Gasteiger partial charge in [0.05, 0.1) is 6.20 Å². The van der Waals surface area contributed by atoms with Gasteiger partial charge in [-0.05, 0) is 18.6 Å². The zero-order valence-electron chi connectivity index (χ0n) is 6.06. The second kappa shape index (κ2) is 3.36. The van der Waals surface area contributed by atoms with Crippen LogP contribution in [0.15, 0.2) is 18.5 Å². The fourth-order valence-corrected chi connectivity index (χ4v) is 0.713. The third-order valence-corrected chi connectivity index (χ3v) is 1.09. The van der Waals surface area contributed by atoms with Crippen molar-refractivity contribution in [1.29, 1.82) is 0 Å². The summed E-state index contributed by atoms with van der Waals surface area (Å²) < 4.78 is 4.54. The van der Waals surface area contributed by atoms with Crippen LogP contribution in [-0.4, -0.2) is 22.4 Å². The van der Waals surface area contributed by atoms with Crippen molar-refractivity contribution in [3.63, 3.8) is 0 Å². The van der Waals surface area contributed by atoms with Gasteiger partial charge in [-0.25, -0.2) is 0 Å². The molecule has 1 aromatic rings. The van der Waals surface area contributed by atoms with Crippen molar-refractivity contribution in [2.24, 2.45) is 0 Å². The summed E-state index contributed by atoms with van der Waals surface area (Å²) in [7, 11) is -1.78. The van der Waals surface area contributed by atoms with E-state index in [0.29, 0.717) is 5.75 Å². The van der Waals surface area contributed by atoms with Crippen molar-refractivity contribution in [3.05, 3.63) is 24.0 Å². The molecule has 0 saturated carbocycles. The number of aromatic nitrogens is 1. The Kier molecular flexibility index (Phi) is 2.46. The Hall–Kier alpha value is -1.07. The van der Waals surface area contributed by atoms with Gasteiger partial charge in [-0.15, -0.1) is 0 Å². The Balaban J connectivity index is 2.71. The van der Waals surface area contributed by atoms with Gasteiger partial charge in [-0.1, -0.05) is 0 Å². The first-order chi connectivity index (χ1) is 5.18. The molecule has 0 spiro atoms. The quantitative estimate of drug-likeness (QED) is 0.574. The number of rotatable bonds is 2. The summed E-state index contributed by atoms with van der Waals surface area (Å²) in [5, 5.41) is 16.8. The summed E-state index contributed by atoms with van der Waals surface area (Å²) >= 11 is 0. The second-order valence-electron chi connectivity index (χ2n) is 2.14. The maximum Gasteiger partial charge on any atom is 0.707 e. The van der Waals surface area contributed by atoms with Gasteiger partial charge in [0.15, 0.2) is 0 Å². The smallest absolute Gasteiger partial charge is 0.511 e. The van der Waals surface area contributed by atoms with Crippen LogP contribution in [0, 0.1) is 6.92 Å². The molecule has 2 N–H and O–H groups in total. The van der Waals surface area contributed by atoms with Crippen LogP contribution in [0.5, 0.6) is 5.75 Å². The van der Waals surface area contributed by atoms with Crippen LogP contribution in [0.25, 0.3) is 0 Å². The minimum absolute atomic E-state index is 0.347. The van der Waals surface area contributed by atoms with Gasteiger partial charge in [0.1, 0.15) is 5.75 Å². The Morgan fingerprint density at radius 1 is 1.45 bits per heavy atom. The van der Waals surface area contributed by atoms with Crippen LogP contribution >= 0.6 is 0 Å². The van der Waals surface area contributed by atoms with Crippen LogP contribution in [0.2, 0.25) is 0 Å². The zero-order valence-corrected chi connectivity index (χ0v) is 6.06. The number of hydrogen-bond donors (Lipinski definition) is 2. The molecule has 5 heteroatoms. The molecule has 11 heavy (non-hydrogen) atoms. The summed E-state index contributed by atoms with van der Waals surface area (Å²) in [6, 6.07) is 1.66. The minimum Gasteiger partial charge on any atom is -0.511 e. The van der Waals surface area contributed by atoms with Crippen molar-refractivity contribution in [3.8, 4) is 5.75 Å². The van der Waals surface area contributed by atoms with Gasteiger partial charge < -0.3 is 14.7 Å². The van der Waals surface area contributed by atoms with Crippen molar-refractivity contribution in [1.82, 2.24) is 4.98 Å². The fraction of sp³-hybridized carbons (Fsp3) is 0.167. The molecule has 0 bridgehead atoms. The molecule has 1 heterocycles. The molecular formula is C6H8BNO3. The molecular weight excluding hydrogens is 145 g/mol. The number of hydrogen-bond acceptors (Lipinski definition) is 4. The van der Waals surface area contributed by atoms with Gasteiger partial charge in [0, 0.05) is 6.20 Å². The molecule has 0 amide bonds. The lowest BCUT2D eigenvalue weighted by atomic mass is 10.2. The van der Waals surface area contributed by atoms with Crippen LogP contribution in [0.4, 0.5) is 0 Å². The number of nitrogens with zero attached hydrogens (tertiary/aromatic N) is 1. The molecule has 0 aliphatic rings. The van der Waals surface area contributed by atoms with Crippen molar-refractivity contribution >= 4 is 7.32 Å². The van der Waals surface area contributed by atoms with Gasteiger partial charge in [0.25, 0.3) is 0 Å². The highest BCUT2D eigenvalue weighted by atomic mass is 16.6. The number of aryl methyl sites for hydroxylation is 1. The Bertz CT molecular complexity index is 241. The Morgan fingerprint density at radius 3 is 2.73 bits per heavy atom. The SMILES string of the molecule is Cc1cncc(OB(O)O)c1. The molecule has 1 aromatic heterocycles. The lowest BCUT2D eigenvalue weighted by molar-refractivity contribution is 0.287. The molecule has 58 valence electrons. The highest BCUT2D eigenvalue weighted by Gasteiger charge is 2.10. The summed E-state index contributed by atoms with van der Waals surface area (Å²) in [6.07, 6.45) is 3.06. The van der Waals surface area contributed by atoms with E-state index in [0.717, 1.165) is 5.56 Å². The van der Waals surface area contributed by atoms with E-state index in [9.17, 15) is 0 Å². The highest BCUT2D eigenvalue weighted by molar-refractivity contribution is 6.33. The van der Waals surface area contributed by atoms with Crippen LogP contribution in [-0.2, 0) is 0 Å². The predicted octanol–water partition coefficient (Wildman–Crippen LogP) is -0.262. The molecule has 0 aliphatic carbocycles. The van der Waals surface area contributed by atoms with Gasteiger partial charge in [-0.3, -0.25) is 4.98 Å². The molecule has 0 aromatic carbocycles. The monoisotopic (exact) mass is 153 g/mol. The maximum atomic E-state index is 8.40. The fourth-order valence-electron chi connectivity index (χ4n) is 0.713. The largest absolute Gasteiger partial charge is 0.707 e. The third kappa shape index (κ3) is 2.57. The molecule has 1 rings (SSSR count). The van der Waals surface area contributed by atoms with E-state index in [1.165, 1.54) is 6.20 Å². The lowest BCUT2D eigenvalue weighted by Gasteiger charge is -2.03. The van der Waals surface area contributed by atoms with E-state index in [-0.39, 0.29) is 0 Å². The molecule has 0 aliphatic heterocycles. The average Bonchev–Trinajstić information content (AvgIpc) is 1.85. The Labute approximate surface area is 64.6 Å². The summed E-state index contributed by atoms with van der Waals surface area (Å²) in [6.45, 7) is 1.84. The van der Waals surface area contributed by atoms with Gasteiger partial charge >= 0.3 is 7.32 Å². The average molecular weight is 153 g/mol. The standard InChI is InChI=1S/C6H8BNO3/c1-5-2-6(4-8-3-5)11-7(9)10/h2-4,9-10H,1H3. The van der Waals surface area contributed by atoms with Crippen molar-refractivity contribution < 1.29 is 14.7 Å². The van der Waals surface area contributed by atoms with E-state index in [2.05, 4.69) is 9.64 Å². The van der Waals surface area contributed by atoms with E-state index >= 15 is 0 Å². The van der Waals surface area contributed by atoms with Gasteiger partial charge in [0.2, 0.25) is 0 Å². The number of pyridine rings is 1. The Morgan fingerprint density at radius 2 is 2.18 bits per heavy atom. The second-order valence-corrected chi connectivity index (χ2v) is 2.14. The molecule has 0 fully saturated rings. The van der Waals surface area contributed by atoms with E-state index in [1.54, 1.807) is 12.3 Å². The first-order valence-corrected chi connectivity index (χ1v) is 3.13. The third-order valence-electron chi connectivity index (χ3n) is 1.09. The van der Waals surface area contributed by atoms with Crippen molar-refractivity contribution in [2.45, 2.75) is 6.92 Å². The van der Waals surface area contributed by atoms with Gasteiger partial charge in [-0.2, -0.15) is 0 Å². The zero-order chi connectivity index (χ0) is 8.27. The van der Waals surface area contributed by atoms with Crippen molar-refractivity contribution in [2.75, 3.05) is 0 Å². The van der Waals surface area contributed by atoms with E-state index in [4.69, 9.17) is 10.0 Å². The first kappa shape index (κ1) is 8.04. The summed E-state index contributed by atoms with van der Waals surface area (Å²) in [4.78, 5) is 3.79. The first-order valence-electron chi connectivity index (χ1n) is 3.13. The van der Waals surface area contributed by atoms with E-state index < -0.39 is 7.32 Å². The lowest BCUT2D eigenvalue weighted by Crippen LogP contribution is -2.20. The van der Waals surface area contributed by atoms with Crippen LogP contribution in [0.1, 0.15) is 5.56 Å². The summed E-state index contributed by atoms with van der Waals surface area (Å²) in [5.74, 6) is 0.347. The predicted molar refractivity (Wildman–Crippen MR) is 39.8 cm³/mol. The molecule has 0 atom stereocenters. The van der Waals surface area contributed by atoms with E-state index in [1.807, 2.05) is 6.92 Å². The summed E-state index contributed by atoms with van der Waals surface area (Å²) in [5.41, 5.74) is 0.906. The van der Waals surface area contributed by atoms with Crippen LogP contribution < -0.4 is 4.65 Å².